The minimum atomic E-state index is -0.0185. The van der Waals surface area contributed by atoms with Crippen LogP contribution in [-0.4, -0.2) is 0 Å². The molecular formula is C8H20N4. The van der Waals surface area contributed by atoms with Crippen LogP contribution in [0.1, 0.15) is 13.8 Å². The molecule has 0 aromatic rings. The highest BCUT2D eigenvalue weighted by molar-refractivity contribution is 4.96. The Kier molecular flexibility index (Phi) is 22.7. The molecule has 0 bridgehead atoms. The molecule has 0 aliphatic rings. The summed E-state index contributed by atoms with van der Waals surface area (Å²) in [4.78, 5) is 0. The number of hydrogen-bond donors (Lipinski definition) is 4. The van der Waals surface area contributed by atoms with Crippen molar-refractivity contribution < 1.29 is 0 Å². The van der Waals surface area contributed by atoms with E-state index in [0.717, 1.165) is 0 Å². The lowest BCUT2D eigenvalue weighted by Crippen LogP contribution is -2.22. The van der Waals surface area contributed by atoms with Crippen LogP contribution in [0.5, 0.6) is 0 Å². The fourth-order valence-corrected chi connectivity index (χ4v) is 0. The molecule has 0 unspecified atom stereocenters. The van der Waals surface area contributed by atoms with Gasteiger partial charge in [0.15, 0.2) is 0 Å². The topological polar surface area (TPSA) is 104 Å². The fourth-order valence-electron chi connectivity index (χ4n) is 0. The van der Waals surface area contributed by atoms with Crippen LogP contribution in [0.3, 0.4) is 0 Å². The molecule has 0 fully saturated rings. The van der Waals surface area contributed by atoms with Gasteiger partial charge in [-0.05, 0) is 13.8 Å². The van der Waals surface area contributed by atoms with Crippen molar-refractivity contribution in [2.75, 3.05) is 0 Å². The maximum absolute atomic E-state index is 4.84. The first-order valence-corrected chi connectivity index (χ1v) is 3.38. The Morgan fingerprint density at radius 1 is 0.833 bits per heavy atom. The molecule has 0 aromatic carbocycles. The van der Waals surface area contributed by atoms with Gasteiger partial charge in [0.05, 0.1) is 0 Å². The predicted molar refractivity (Wildman–Crippen MR) is 55.5 cm³/mol. The smallest absolute Gasteiger partial charge is 0.134 e. The minimum absolute atomic E-state index is 0.0185. The van der Waals surface area contributed by atoms with E-state index >= 15 is 0 Å². The zero-order valence-electron chi connectivity index (χ0n) is 7.88. The van der Waals surface area contributed by atoms with E-state index in [1.165, 1.54) is 0 Å². The molecular weight excluding hydrogens is 152 g/mol. The van der Waals surface area contributed by atoms with Crippen LogP contribution in [0.4, 0.5) is 0 Å². The summed E-state index contributed by atoms with van der Waals surface area (Å²) in [5.41, 5.74) is 19.4. The molecule has 0 rings (SSSR count). The molecule has 0 amide bonds. The van der Waals surface area contributed by atoms with Gasteiger partial charge < -0.3 is 22.9 Å². The molecule has 8 N–H and O–H groups in total. The molecule has 0 spiro atoms. The molecule has 72 valence electrons. The fraction of sp³-hybridized carbons (Fsp3) is 0.250. The van der Waals surface area contributed by atoms with Crippen molar-refractivity contribution in [1.82, 2.24) is 0 Å². The number of nitrogens with two attached hydrogens (primary N) is 4. The summed E-state index contributed by atoms with van der Waals surface area (Å²) in [6.45, 7) is 10.5. The SMILES string of the molecule is C=CC.C=CC.NC(N)=C(N)N. The van der Waals surface area contributed by atoms with Gasteiger partial charge in [0.2, 0.25) is 0 Å². The summed E-state index contributed by atoms with van der Waals surface area (Å²) >= 11 is 0. The highest BCUT2D eigenvalue weighted by atomic mass is 14.9. The van der Waals surface area contributed by atoms with Gasteiger partial charge in [-0.1, -0.05) is 12.2 Å². The molecule has 0 heterocycles. The molecule has 0 saturated heterocycles. The first kappa shape index (κ1) is 16.8. The molecule has 12 heavy (non-hydrogen) atoms. The van der Waals surface area contributed by atoms with Crippen molar-refractivity contribution in [3.8, 4) is 0 Å². The van der Waals surface area contributed by atoms with Gasteiger partial charge in [0.1, 0.15) is 11.6 Å². The van der Waals surface area contributed by atoms with E-state index in [4.69, 9.17) is 22.9 Å². The summed E-state index contributed by atoms with van der Waals surface area (Å²) in [5.74, 6) is -0.0370. The average Bonchev–Trinajstić information content (AvgIpc) is 1.90. The largest absolute Gasteiger partial charge is 0.383 e. The standard InChI is InChI=1S/2C3H6.C2H8N4/c2*1-3-2;3-1(4)2(5)6/h2*3H,1H2,2H3;3-6H2. The lowest BCUT2D eigenvalue weighted by Gasteiger charge is -1.89. The Morgan fingerprint density at radius 2 is 0.917 bits per heavy atom. The van der Waals surface area contributed by atoms with E-state index in [2.05, 4.69) is 13.2 Å². The van der Waals surface area contributed by atoms with E-state index in [1.807, 2.05) is 13.8 Å². The molecule has 4 heteroatoms. The second-order valence-corrected chi connectivity index (χ2v) is 1.73. The highest BCUT2D eigenvalue weighted by Crippen LogP contribution is 1.62. The Hall–Kier alpha value is -1.58. The summed E-state index contributed by atoms with van der Waals surface area (Å²) < 4.78 is 0. The zero-order chi connectivity index (χ0) is 10.6. The number of allylic oxidation sites excluding steroid dienone is 2. The second-order valence-electron chi connectivity index (χ2n) is 1.73. The zero-order valence-corrected chi connectivity index (χ0v) is 7.88. The highest BCUT2D eigenvalue weighted by Gasteiger charge is 1.77. The van der Waals surface area contributed by atoms with Gasteiger partial charge in [-0.15, -0.1) is 13.2 Å². The monoisotopic (exact) mass is 172 g/mol. The average molecular weight is 172 g/mol. The molecule has 0 radical (unpaired) electrons. The van der Waals surface area contributed by atoms with E-state index in [9.17, 15) is 0 Å². The Balaban J connectivity index is -0.000000115. The molecule has 0 atom stereocenters. The van der Waals surface area contributed by atoms with Crippen molar-refractivity contribution in [3.05, 3.63) is 37.0 Å². The molecule has 4 nitrogen and oxygen atoms in total. The Morgan fingerprint density at radius 3 is 0.917 bits per heavy atom. The third-order valence-electron chi connectivity index (χ3n) is 0.333. The van der Waals surface area contributed by atoms with Crippen LogP contribution >= 0.6 is 0 Å². The van der Waals surface area contributed by atoms with Crippen LogP contribution in [0.2, 0.25) is 0 Å². The van der Waals surface area contributed by atoms with Crippen molar-refractivity contribution in [2.24, 2.45) is 22.9 Å². The van der Waals surface area contributed by atoms with Gasteiger partial charge in [0.25, 0.3) is 0 Å². The maximum atomic E-state index is 4.84. The van der Waals surface area contributed by atoms with Crippen LogP contribution in [0, 0.1) is 0 Å². The van der Waals surface area contributed by atoms with Crippen LogP contribution in [0.15, 0.2) is 37.0 Å². The van der Waals surface area contributed by atoms with Crippen molar-refractivity contribution >= 4 is 0 Å². The summed E-state index contributed by atoms with van der Waals surface area (Å²) in [6.07, 6.45) is 3.50. The summed E-state index contributed by atoms with van der Waals surface area (Å²) in [5, 5.41) is 0. The lowest BCUT2D eigenvalue weighted by molar-refractivity contribution is 1.09. The van der Waals surface area contributed by atoms with E-state index in [1.54, 1.807) is 12.2 Å². The van der Waals surface area contributed by atoms with Gasteiger partial charge in [0, 0.05) is 0 Å². The molecule has 0 aromatic heterocycles. The van der Waals surface area contributed by atoms with E-state index in [-0.39, 0.29) is 11.6 Å². The molecule has 0 saturated carbocycles. The van der Waals surface area contributed by atoms with E-state index in [0.29, 0.717) is 0 Å². The van der Waals surface area contributed by atoms with Gasteiger partial charge in [-0.3, -0.25) is 0 Å². The first-order chi connectivity index (χ1) is 5.47. The number of hydrogen-bond acceptors (Lipinski definition) is 4. The normalized spacial score (nSPS) is 5.83. The van der Waals surface area contributed by atoms with Crippen LogP contribution < -0.4 is 22.9 Å². The predicted octanol–water partition coefficient (Wildman–Crippen LogP) is 0.332. The Bertz CT molecular complexity index is 114. The van der Waals surface area contributed by atoms with Gasteiger partial charge in [-0.25, -0.2) is 0 Å². The van der Waals surface area contributed by atoms with Crippen LogP contribution in [0.25, 0.3) is 0 Å². The van der Waals surface area contributed by atoms with Gasteiger partial charge in [-0.2, -0.15) is 0 Å². The molecule has 0 aliphatic heterocycles. The Labute approximate surface area is 74.6 Å². The van der Waals surface area contributed by atoms with E-state index < -0.39 is 0 Å². The third-order valence-corrected chi connectivity index (χ3v) is 0.333. The van der Waals surface area contributed by atoms with Gasteiger partial charge >= 0.3 is 0 Å². The van der Waals surface area contributed by atoms with Crippen molar-refractivity contribution in [2.45, 2.75) is 13.8 Å². The maximum Gasteiger partial charge on any atom is 0.134 e. The quantitative estimate of drug-likeness (QED) is 0.395. The first-order valence-electron chi connectivity index (χ1n) is 3.38. The van der Waals surface area contributed by atoms with Crippen molar-refractivity contribution in [3.63, 3.8) is 0 Å². The summed E-state index contributed by atoms with van der Waals surface area (Å²) in [6, 6.07) is 0. The number of rotatable bonds is 0. The molecule has 0 aliphatic carbocycles. The minimum Gasteiger partial charge on any atom is -0.383 e. The lowest BCUT2D eigenvalue weighted by atomic mass is 10.7. The van der Waals surface area contributed by atoms with Crippen LogP contribution in [-0.2, 0) is 0 Å². The third kappa shape index (κ3) is 79.2. The van der Waals surface area contributed by atoms with Crippen molar-refractivity contribution in [1.29, 1.82) is 0 Å². The second kappa shape index (κ2) is 16.2. The summed E-state index contributed by atoms with van der Waals surface area (Å²) in [7, 11) is 0.